The second-order valence-electron chi connectivity index (χ2n) is 6.67. The number of rotatable bonds is 6. The molecule has 1 saturated heterocycles. The van der Waals surface area contributed by atoms with Gasteiger partial charge in [0.1, 0.15) is 5.76 Å². The van der Waals surface area contributed by atoms with Gasteiger partial charge in [0.2, 0.25) is 0 Å². The van der Waals surface area contributed by atoms with E-state index >= 15 is 0 Å². The highest BCUT2D eigenvalue weighted by atomic mass is 32.2. The number of furan rings is 1. The number of hydrogen-bond donors (Lipinski definition) is 0. The molecule has 7 heteroatoms. The Morgan fingerprint density at radius 3 is 2.69 bits per heavy atom. The normalized spacial score (nSPS) is 19.2. The van der Waals surface area contributed by atoms with Crippen molar-refractivity contribution in [2.45, 2.75) is 25.6 Å². The molecule has 0 amide bonds. The smallest absolute Gasteiger partial charge is 0.151 e. The van der Waals surface area contributed by atoms with Gasteiger partial charge < -0.3 is 4.42 Å². The summed E-state index contributed by atoms with van der Waals surface area (Å²) in [4.78, 5) is 2.18. The van der Waals surface area contributed by atoms with Crippen molar-refractivity contribution < 1.29 is 12.8 Å². The van der Waals surface area contributed by atoms with E-state index in [0.717, 1.165) is 17.0 Å². The van der Waals surface area contributed by atoms with Gasteiger partial charge in [-0.3, -0.25) is 4.90 Å². The van der Waals surface area contributed by atoms with Gasteiger partial charge in [-0.2, -0.15) is 5.10 Å². The van der Waals surface area contributed by atoms with Crippen molar-refractivity contribution >= 4 is 9.84 Å². The van der Waals surface area contributed by atoms with Gasteiger partial charge in [-0.1, -0.05) is 18.2 Å². The average molecular weight is 371 g/mol. The molecular weight excluding hydrogens is 350 g/mol. The highest BCUT2D eigenvalue weighted by molar-refractivity contribution is 7.91. The van der Waals surface area contributed by atoms with Crippen LogP contribution in [-0.4, -0.2) is 40.6 Å². The Kier molecular flexibility index (Phi) is 4.65. The number of sulfone groups is 1. The summed E-state index contributed by atoms with van der Waals surface area (Å²) in [6.07, 6.45) is 6.14. The molecule has 0 N–H and O–H groups in total. The molecule has 0 spiro atoms. The van der Waals surface area contributed by atoms with E-state index in [9.17, 15) is 8.42 Å². The van der Waals surface area contributed by atoms with Crippen molar-refractivity contribution in [3.63, 3.8) is 0 Å². The zero-order valence-electron chi connectivity index (χ0n) is 14.4. The molecule has 0 bridgehead atoms. The van der Waals surface area contributed by atoms with Gasteiger partial charge >= 0.3 is 0 Å². The SMILES string of the molecule is O=S1(=O)CCC(N(Cc2cnn(-c3ccccc3)c2)Cc2ccco2)C1. The van der Waals surface area contributed by atoms with Gasteiger partial charge in [-0.25, -0.2) is 13.1 Å². The van der Waals surface area contributed by atoms with Crippen LogP contribution in [0, 0.1) is 0 Å². The maximum Gasteiger partial charge on any atom is 0.151 e. The summed E-state index contributed by atoms with van der Waals surface area (Å²) in [6.45, 7) is 1.22. The number of aromatic nitrogens is 2. The summed E-state index contributed by atoms with van der Waals surface area (Å²) < 4.78 is 31.2. The summed E-state index contributed by atoms with van der Waals surface area (Å²) in [5, 5.41) is 4.44. The lowest BCUT2D eigenvalue weighted by Crippen LogP contribution is -2.35. The summed E-state index contributed by atoms with van der Waals surface area (Å²) in [7, 11) is -2.94. The number of hydrogen-bond acceptors (Lipinski definition) is 5. The average Bonchev–Trinajstić information content (AvgIpc) is 3.36. The molecule has 2 aromatic heterocycles. The monoisotopic (exact) mass is 371 g/mol. The molecule has 0 aliphatic carbocycles. The Hall–Kier alpha value is -2.38. The Labute approximate surface area is 153 Å². The van der Waals surface area contributed by atoms with Crippen LogP contribution in [0.1, 0.15) is 17.7 Å². The number of para-hydroxylation sites is 1. The Morgan fingerprint density at radius 1 is 1.15 bits per heavy atom. The van der Waals surface area contributed by atoms with Crippen LogP contribution in [0.2, 0.25) is 0 Å². The minimum atomic E-state index is -2.94. The summed E-state index contributed by atoms with van der Waals surface area (Å²) in [5.74, 6) is 1.31. The van der Waals surface area contributed by atoms with E-state index in [1.165, 1.54) is 0 Å². The molecule has 0 radical (unpaired) electrons. The van der Waals surface area contributed by atoms with Crippen LogP contribution in [0.25, 0.3) is 5.69 Å². The van der Waals surface area contributed by atoms with Crippen molar-refractivity contribution in [1.82, 2.24) is 14.7 Å². The molecular formula is C19H21N3O3S. The van der Waals surface area contributed by atoms with Crippen LogP contribution >= 0.6 is 0 Å². The fourth-order valence-electron chi connectivity index (χ4n) is 3.38. The largest absolute Gasteiger partial charge is 0.468 e. The minimum Gasteiger partial charge on any atom is -0.468 e. The van der Waals surface area contributed by atoms with E-state index in [2.05, 4.69) is 10.00 Å². The predicted molar refractivity (Wildman–Crippen MR) is 98.6 cm³/mol. The van der Waals surface area contributed by atoms with Crippen LogP contribution in [0.15, 0.2) is 65.5 Å². The molecule has 1 aliphatic rings. The molecule has 0 saturated carbocycles. The zero-order valence-corrected chi connectivity index (χ0v) is 15.2. The minimum absolute atomic E-state index is 0.00479. The first-order valence-corrected chi connectivity index (χ1v) is 10.5. The van der Waals surface area contributed by atoms with E-state index in [4.69, 9.17) is 4.42 Å². The highest BCUT2D eigenvalue weighted by Crippen LogP contribution is 2.22. The lowest BCUT2D eigenvalue weighted by Gasteiger charge is -2.26. The molecule has 1 unspecified atom stereocenters. The summed E-state index contributed by atoms with van der Waals surface area (Å²) in [6, 6.07) is 13.7. The molecule has 1 aliphatic heterocycles. The molecule has 6 nitrogen and oxygen atoms in total. The molecule has 4 rings (SSSR count). The topological polar surface area (TPSA) is 68.3 Å². The number of nitrogens with zero attached hydrogens (tertiary/aromatic N) is 3. The first-order chi connectivity index (χ1) is 12.6. The van der Waals surface area contributed by atoms with Crippen LogP contribution in [0.5, 0.6) is 0 Å². The van der Waals surface area contributed by atoms with Crippen molar-refractivity contribution in [2.75, 3.05) is 11.5 Å². The fourth-order valence-corrected chi connectivity index (χ4v) is 5.14. The Morgan fingerprint density at radius 2 is 2.00 bits per heavy atom. The van der Waals surface area contributed by atoms with Crippen molar-refractivity contribution in [1.29, 1.82) is 0 Å². The quantitative estimate of drug-likeness (QED) is 0.666. The highest BCUT2D eigenvalue weighted by Gasteiger charge is 2.32. The maximum atomic E-state index is 11.9. The maximum absolute atomic E-state index is 11.9. The Balaban J connectivity index is 1.54. The van der Waals surface area contributed by atoms with E-state index in [1.54, 1.807) is 6.26 Å². The zero-order chi connectivity index (χ0) is 18.0. The lowest BCUT2D eigenvalue weighted by atomic mass is 10.2. The predicted octanol–water partition coefficient (Wildman–Crippen LogP) is 2.65. The van der Waals surface area contributed by atoms with E-state index < -0.39 is 9.84 Å². The number of benzene rings is 1. The van der Waals surface area contributed by atoms with Crippen LogP contribution in [0.4, 0.5) is 0 Å². The second-order valence-corrected chi connectivity index (χ2v) is 8.90. The van der Waals surface area contributed by atoms with Crippen LogP contribution in [0.3, 0.4) is 0 Å². The van der Waals surface area contributed by atoms with E-state index in [-0.39, 0.29) is 17.5 Å². The molecule has 1 atom stereocenters. The van der Waals surface area contributed by atoms with Gasteiger partial charge in [0.25, 0.3) is 0 Å². The molecule has 1 aromatic carbocycles. The van der Waals surface area contributed by atoms with Gasteiger partial charge in [-0.05, 0) is 30.7 Å². The van der Waals surface area contributed by atoms with Crippen molar-refractivity contribution in [3.8, 4) is 5.69 Å². The van der Waals surface area contributed by atoms with E-state index in [0.29, 0.717) is 19.5 Å². The lowest BCUT2D eigenvalue weighted by molar-refractivity contribution is 0.179. The van der Waals surface area contributed by atoms with Crippen LogP contribution in [-0.2, 0) is 22.9 Å². The Bertz CT molecular complexity index is 949. The first kappa shape index (κ1) is 17.1. The standard InChI is InChI=1S/C19H21N3O3S/c23-26(24)10-8-18(15-26)21(14-19-7-4-9-25-19)12-16-11-20-22(13-16)17-5-2-1-3-6-17/h1-7,9,11,13,18H,8,10,12,14-15H2. The van der Waals surface area contributed by atoms with Gasteiger partial charge in [0, 0.05) is 24.3 Å². The first-order valence-electron chi connectivity index (χ1n) is 8.65. The third-order valence-electron chi connectivity index (χ3n) is 4.71. The third-order valence-corrected chi connectivity index (χ3v) is 6.46. The van der Waals surface area contributed by atoms with Gasteiger partial charge in [0.05, 0.1) is 36.2 Å². The molecule has 1 fully saturated rings. The van der Waals surface area contributed by atoms with Crippen molar-refractivity contribution in [3.05, 3.63) is 72.4 Å². The van der Waals surface area contributed by atoms with Crippen LogP contribution < -0.4 is 0 Å². The van der Waals surface area contributed by atoms with E-state index in [1.807, 2.05) is 59.5 Å². The summed E-state index contributed by atoms with van der Waals surface area (Å²) in [5.41, 5.74) is 2.05. The van der Waals surface area contributed by atoms with Gasteiger partial charge in [-0.15, -0.1) is 0 Å². The molecule has 3 aromatic rings. The van der Waals surface area contributed by atoms with Crippen molar-refractivity contribution in [2.24, 2.45) is 0 Å². The molecule has 136 valence electrons. The molecule has 3 heterocycles. The third kappa shape index (κ3) is 3.89. The second kappa shape index (κ2) is 7.09. The van der Waals surface area contributed by atoms with Gasteiger partial charge in [0.15, 0.2) is 9.84 Å². The fraction of sp³-hybridized carbons (Fsp3) is 0.316. The summed E-state index contributed by atoms with van der Waals surface area (Å²) >= 11 is 0. The molecule has 26 heavy (non-hydrogen) atoms.